The van der Waals surface area contributed by atoms with Crippen LogP contribution in [0.5, 0.6) is 11.5 Å². The molecule has 0 aliphatic carbocycles. The summed E-state index contributed by atoms with van der Waals surface area (Å²) in [6.07, 6.45) is 6.07. The van der Waals surface area contributed by atoms with Crippen LogP contribution in [-0.2, 0) is 4.79 Å². The first-order chi connectivity index (χ1) is 15.5. The number of carbonyl (C=O) groups excluding carboxylic acids is 1. The van der Waals surface area contributed by atoms with Crippen molar-refractivity contribution in [1.29, 1.82) is 5.26 Å². The number of aromatic nitrogens is 3. The largest absolute Gasteiger partial charge is 0.504 e. The Bertz CT molecular complexity index is 1290. The molecule has 2 aromatic heterocycles. The predicted octanol–water partition coefficient (Wildman–Crippen LogP) is 4.22. The summed E-state index contributed by atoms with van der Waals surface area (Å²) < 4.78 is 0. The van der Waals surface area contributed by atoms with Gasteiger partial charge < -0.3 is 10.2 Å². The molecule has 0 saturated heterocycles. The molecule has 0 aliphatic heterocycles. The monoisotopic (exact) mass is 441 g/mol. The maximum Gasteiger partial charge on any atom is 0.268 e. The summed E-state index contributed by atoms with van der Waals surface area (Å²) in [5.74, 6) is -1.30. The van der Waals surface area contributed by atoms with Crippen molar-refractivity contribution < 1.29 is 15.0 Å². The van der Waals surface area contributed by atoms with Gasteiger partial charge in [0, 0.05) is 18.0 Å². The minimum absolute atomic E-state index is 0.187. The molecular weight excluding hydrogens is 426 g/mol. The van der Waals surface area contributed by atoms with Gasteiger partial charge in [0.25, 0.3) is 5.91 Å². The van der Waals surface area contributed by atoms with Gasteiger partial charge in [-0.05, 0) is 23.8 Å². The fraction of sp³-hybridized carbons (Fsp3) is 0. The maximum absolute atomic E-state index is 12.7. The minimum atomic E-state index is -0.654. The summed E-state index contributed by atoms with van der Waals surface area (Å²) in [5.41, 5.74) is 2.29. The van der Waals surface area contributed by atoms with Crippen molar-refractivity contribution in [2.24, 2.45) is 0 Å². The van der Waals surface area contributed by atoms with E-state index in [0.29, 0.717) is 22.1 Å². The number of amides is 1. The molecule has 0 radical (unpaired) electrons. The predicted molar refractivity (Wildman–Crippen MR) is 121 cm³/mol. The Balaban J connectivity index is 1.67. The van der Waals surface area contributed by atoms with Gasteiger partial charge in [0.15, 0.2) is 16.6 Å². The zero-order valence-electron chi connectivity index (χ0n) is 16.4. The molecule has 9 heteroatoms. The normalized spacial score (nSPS) is 11.0. The van der Waals surface area contributed by atoms with Gasteiger partial charge in [0.2, 0.25) is 0 Å². The molecule has 0 saturated carbocycles. The second kappa shape index (κ2) is 9.07. The second-order valence-corrected chi connectivity index (χ2v) is 7.52. The first-order valence-electron chi connectivity index (χ1n) is 9.33. The standard InChI is InChI=1S/C23H15N5O3S/c24-12-16(10-14-6-7-18(29)19(30)11-14)22(31)28-23-27-20(15-4-2-1-3-5-15)21(32-23)17-13-25-8-9-26-17/h1-11,13,29-30H,(H,27,28,31)/b16-10+. The maximum atomic E-state index is 12.7. The van der Waals surface area contributed by atoms with Gasteiger partial charge in [0.1, 0.15) is 17.3 Å². The first kappa shape index (κ1) is 20.7. The molecule has 0 atom stereocenters. The Morgan fingerprint density at radius 3 is 2.59 bits per heavy atom. The Labute approximate surface area is 186 Å². The van der Waals surface area contributed by atoms with Crippen LogP contribution >= 0.6 is 11.3 Å². The van der Waals surface area contributed by atoms with E-state index in [4.69, 9.17) is 0 Å². The number of anilines is 1. The van der Waals surface area contributed by atoms with Crippen LogP contribution in [0.25, 0.3) is 27.9 Å². The molecule has 8 nitrogen and oxygen atoms in total. The van der Waals surface area contributed by atoms with Crippen molar-refractivity contribution in [2.75, 3.05) is 5.32 Å². The second-order valence-electron chi connectivity index (χ2n) is 6.53. The molecule has 2 aromatic carbocycles. The van der Waals surface area contributed by atoms with Crippen molar-refractivity contribution in [3.05, 3.63) is 78.3 Å². The lowest BCUT2D eigenvalue weighted by Crippen LogP contribution is -2.13. The third-order valence-corrected chi connectivity index (χ3v) is 5.36. The average molecular weight is 441 g/mol. The lowest BCUT2D eigenvalue weighted by atomic mass is 10.1. The summed E-state index contributed by atoms with van der Waals surface area (Å²) >= 11 is 1.22. The van der Waals surface area contributed by atoms with E-state index >= 15 is 0 Å². The Hall–Kier alpha value is -4.55. The molecule has 4 rings (SSSR count). The number of aromatic hydroxyl groups is 2. The highest BCUT2D eigenvalue weighted by atomic mass is 32.1. The first-order valence-corrected chi connectivity index (χ1v) is 10.1. The number of benzene rings is 2. The Morgan fingerprint density at radius 1 is 1.09 bits per heavy atom. The van der Waals surface area contributed by atoms with Gasteiger partial charge in [-0.2, -0.15) is 5.26 Å². The van der Waals surface area contributed by atoms with Crippen LogP contribution in [-0.4, -0.2) is 31.1 Å². The van der Waals surface area contributed by atoms with Crippen LogP contribution in [0.2, 0.25) is 0 Å². The van der Waals surface area contributed by atoms with Gasteiger partial charge in [-0.15, -0.1) is 0 Å². The van der Waals surface area contributed by atoms with Crippen LogP contribution in [0.15, 0.2) is 72.7 Å². The summed E-state index contributed by atoms with van der Waals surface area (Å²) in [5, 5.41) is 31.5. The Morgan fingerprint density at radius 2 is 1.91 bits per heavy atom. The number of nitrogens with one attached hydrogen (secondary N) is 1. The smallest absolute Gasteiger partial charge is 0.268 e. The molecule has 0 aliphatic rings. The SMILES string of the molecule is N#C/C(=C\c1ccc(O)c(O)c1)C(=O)Nc1nc(-c2ccccc2)c(-c2cnccn2)s1. The molecule has 0 spiro atoms. The summed E-state index contributed by atoms with van der Waals surface area (Å²) in [6, 6.07) is 15.3. The van der Waals surface area contributed by atoms with E-state index in [-0.39, 0.29) is 17.1 Å². The van der Waals surface area contributed by atoms with E-state index in [1.54, 1.807) is 18.6 Å². The van der Waals surface area contributed by atoms with Gasteiger partial charge in [0.05, 0.1) is 16.8 Å². The van der Waals surface area contributed by atoms with E-state index in [9.17, 15) is 20.3 Å². The average Bonchev–Trinajstić information content (AvgIpc) is 3.24. The van der Waals surface area contributed by atoms with Gasteiger partial charge >= 0.3 is 0 Å². The highest BCUT2D eigenvalue weighted by molar-refractivity contribution is 7.19. The molecule has 0 unspecified atom stereocenters. The molecule has 32 heavy (non-hydrogen) atoms. The number of nitriles is 1. The fourth-order valence-corrected chi connectivity index (χ4v) is 3.81. The van der Waals surface area contributed by atoms with E-state index < -0.39 is 5.91 Å². The van der Waals surface area contributed by atoms with Crippen molar-refractivity contribution in [3.8, 4) is 39.4 Å². The fourth-order valence-electron chi connectivity index (χ4n) is 2.87. The lowest BCUT2D eigenvalue weighted by Gasteiger charge is -2.02. The van der Waals surface area contributed by atoms with Crippen LogP contribution in [0.3, 0.4) is 0 Å². The summed E-state index contributed by atoms with van der Waals surface area (Å²) in [7, 11) is 0. The summed E-state index contributed by atoms with van der Waals surface area (Å²) in [6.45, 7) is 0. The summed E-state index contributed by atoms with van der Waals surface area (Å²) in [4.78, 5) is 26.4. The zero-order valence-corrected chi connectivity index (χ0v) is 17.2. The number of hydrogen-bond donors (Lipinski definition) is 3. The molecule has 0 fully saturated rings. The van der Waals surface area contributed by atoms with E-state index in [2.05, 4.69) is 20.3 Å². The lowest BCUT2D eigenvalue weighted by molar-refractivity contribution is -0.112. The molecule has 0 bridgehead atoms. The Kier molecular flexibility index (Phi) is 5.87. The number of phenolic OH excluding ortho intramolecular Hbond substituents is 2. The van der Waals surface area contributed by atoms with Gasteiger partial charge in [-0.1, -0.05) is 47.7 Å². The zero-order chi connectivity index (χ0) is 22.5. The van der Waals surface area contributed by atoms with E-state index in [1.165, 1.54) is 35.6 Å². The third kappa shape index (κ3) is 4.45. The topological polar surface area (TPSA) is 132 Å². The van der Waals surface area contributed by atoms with Crippen molar-refractivity contribution in [3.63, 3.8) is 0 Å². The van der Waals surface area contributed by atoms with Gasteiger partial charge in [-0.3, -0.25) is 20.1 Å². The van der Waals surface area contributed by atoms with Crippen LogP contribution in [0.1, 0.15) is 5.56 Å². The highest BCUT2D eigenvalue weighted by Gasteiger charge is 2.19. The van der Waals surface area contributed by atoms with Crippen LogP contribution in [0.4, 0.5) is 5.13 Å². The molecule has 156 valence electrons. The number of thiazole rings is 1. The minimum Gasteiger partial charge on any atom is -0.504 e. The van der Waals surface area contributed by atoms with Crippen molar-refractivity contribution in [2.45, 2.75) is 0 Å². The third-order valence-electron chi connectivity index (χ3n) is 4.37. The molecule has 1 amide bonds. The number of phenols is 2. The quantitative estimate of drug-likeness (QED) is 0.240. The number of nitrogens with zero attached hydrogens (tertiary/aromatic N) is 4. The van der Waals surface area contributed by atoms with E-state index in [1.807, 2.05) is 36.4 Å². The van der Waals surface area contributed by atoms with Gasteiger partial charge in [-0.25, -0.2) is 4.98 Å². The van der Waals surface area contributed by atoms with Crippen LogP contribution < -0.4 is 5.32 Å². The highest BCUT2D eigenvalue weighted by Crippen LogP contribution is 2.38. The molecule has 2 heterocycles. The number of hydrogen-bond acceptors (Lipinski definition) is 8. The molecule has 4 aromatic rings. The van der Waals surface area contributed by atoms with Crippen molar-refractivity contribution >= 4 is 28.5 Å². The number of rotatable bonds is 5. The van der Waals surface area contributed by atoms with Crippen LogP contribution in [0, 0.1) is 11.3 Å². The molecular formula is C23H15N5O3S. The molecule has 3 N–H and O–H groups in total. The van der Waals surface area contributed by atoms with E-state index in [0.717, 1.165) is 10.4 Å². The number of carbonyl (C=O) groups is 1. The van der Waals surface area contributed by atoms with Crippen molar-refractivity contribution in [1.82, 2.24) is 15.0 Å².